The minimum atomic E-state index is -4.46. The van der Waals surface area contributed by atoms with Gasteiger partial charge in [-0.15, -0.1) is 0 Å². The summed E-state index contributed by atoms with van der Waals surface area (Å²) in [6, 6.07) is 10.2. The first-order valence-electron chi connectivity index (χ1n) is 11.0. The third-order valence-corrected chi connectivity index (χ3v) is 5.70. The molecule has 0 aromatic heterocycles. The summed E-state index contributed by atoms with van der Waals surface area (Å²) < 4.78 is 46.7. The fourth-order valence-corrected chi connectivity index (χ4v) is 3.98. The normalized spacial score (nSPS) is 17.5. The Morgan fingerprint density at radius 2 is 1.92 bits per heavy atom. The number of alkyl carbamates (subject to hydrolysis) is 1. The molecule has 0 saturated carbocycles. The number of ether oxygens (including phenoxy) is 2. The standard InChI is InChI=1S/C24H22F3N3O6/c25-24(26,27)13-36-17-3-1-2-15(8-17)12-35-23(34)28-10-14-4-5-16-11-30(22(33)18(16)9-14)19-6-7-20(31)29-21(19)32/h1-5,8-9,19H,6-7,10-13H2,(H,28,34)(H,29,31,32). The van der Waals surface area contributed by atoms with Gasteiger partial charge in [0.25, 0.3) is 5.91 Å². The van der Waals surface area contributed by atoms with Gasteiger partial charge in [-0.25, -0.2) is 4.79 Å². The summed E-state index contributed by atoms with van der Waals surface area (Å²) in [4.78, 5) is 49.9. The van der Waals surface area contributed by atoms with Gasteiger partial charge in [0.1, 0.15) is 18.4 Å². The van der Waals surface area contributed by atoms with Gasteiger partial charge in [0.05, 0.1) is 0 Å². The number of nitrogens with zero attached hydrogens (tertiary/aromatic N) is 1. The lowest BCUT2D eigenvalue weighted by molar-refractivity contribution is -0.153. The molecular formula is C24H22F3N3O6. The Balaban J connectivity index is 1.28. The number of hydrogen-bond donors (Lipinski definition) is 2. The summed E-state index contributed by atoms with van der Waals surface area (Å²) in [6.45, 7) is -1.29. The summed E-state index contributed by atoms with van der Waals surface area (Å²) in [6.07, 6.45) is -4.79. The van der Waals surface area contributed by atoms with Crippen LogP contribution in [0.1, 0.15) is 39.9 Å². The monoisotopic (exact) mass is 505 g/mol. The highest BCUT2D eigenvalue weighted by molar-refractivity contribution is 6.05. The number of nitrogens with one attached hydrogen (secondary N) is 2. The third kappa shape index (κ3) is 6.12. The Morgan fingerprint density at radius 1 is 1.11 bits per heavy atom. The minimum Gasteiger partial charge on any atom is -0.484 e. The number of carbonyl (C=O) groups is 4. The van der Waals surface area contributed by atoms with Gasteiger partial charge in [-0.2, -0.15) is 13.2 Å². The van der Waals surface area contributed by atoms with Crippen LogP contribution in [0.15, 0.2) is 42.5 Å². The van der Waals surface area contributed by atoms with Gasteiger partial charge >= 0.3 is 12.3 Å². The number of imide groups is 1. The third-order valence-electron chi connectivity index (χ3n) is 5.70. The lowest BCUT2D eigenvalue weighted by Gasteiger charge is -2.29. The number of piperidine rings is 1. The molecule has 1 atom stereocenters. The van der Waals surface area contributed by atoms with Crippen LogP contribution in [-0.2, 0) is 34.0 Å². The number of fused-ring (bicyclic) bond motifs is 1. The zero-order chi connectivity index (χ0) is 25.9. The van der Waals surface area contributed by atoms with Crippen LogP contribution < -0.4 is 15.4 Å². The molecule has 2 aliphatic heterocycles. The van der Waals surface area contributed by atoms with Gasteiger partial charge in [0.2, 0.25) is 11.8 Å². The first-order valence-corrected chi connectivity index (χ1v) is 11.0. The Hall–Kier alpha value is -4.09. The SMILES string of the molecule is O=C1CCC(N2Cc3ccc(CNC(=O)OCc4cccc(OCC(F)(F)F)c4)cc3C2=O)C(=O)N1. The second kappa shape index (κ2) is 10.3. The fourth-order valence-electron chi connectivity index (χ4n) is 3.98. The van der Waals surface area contributed by atoms with Crippen molar-refractivity contribution in [1.29, 1.82) is 0 Å². The lowest BCUT2D eigenvalue weighted by Crippen LogP contribution is -2.52. The molecule has 12 heteroatoms. The van der Waals surface area contributed by atoms with Gasteiger partial charge in [0, 0.05) is 25.1 Å². The van der Waals surface area contributed by atoms with E-state index in [9.17, 15) is 32.3 Å². The summed E-state index contributed by atoms with van der Waals surface area (Å²) in [5.74, 6) is -1.17. The van der Waals surface area contributed by atoms with Crippen molar-refractivity contribution in [2.45, 2.75) is 44.8 Å². The number of carbonyl (C=O) groups excluding carboxylic acids is 4. The summed E-state index contributed by atoms with van der Waals surface area (Å²) in [7, 11) is 0. The van der Waals surface area contributed by atoms with E-state index in [0.29, 0.717) is 16.7 Å². The molecule has 2 aliphatic rings. The van der Waals surface area contributed by atoms with Crippen LogP contribution in [0.2, 0.25) is 0 Å². The van der Waals surface area contributed by atoms with E-state index in [1.165, 1.54) is 23.1 Å². The van der Waals surface area contributed by atoms with Crippen molar-refractivity contribution in [1.82, 2.24) is 15.5 Å². The molecule has 36 heavy (non-hydrogen) atoms. The van der Waals surface area contributed by atoms with E-state index in [-0.39, 0.29) is 50.1 Å². The Labute approximate surface area is 203 Å². The van der Waals surface area contributed by atoms with Crippen LogP contribution in [0, 0.1) is 0 Å². The molecule has 190 valence electrons. The predicted molar refractivity (Wildman–Crippen MR) is 118 cm³/mol. The van der Waals surface area contributed by atoms with Crippen molar-refractivity contribution in [3.05, 3.63) is 64.7 Å². The molecule has 2 aromatic carbocycles. The number of rotatable bonds is 7. The molecule has 4 amide bonds. The molecule has 2 N–H and O–H groups in total. The van der Waals surface area contributed by atoms with Gasteiger partial charge < -0.3 is 19.7 Å². The number of benzene rings is 2. The molecule has 0 radical (unpaired) electrons. The lowest BCUT2D eigenvalue weighted by atomic mass is 10.0. The maximum Gasteiger partial charge on any atom is 0.422 e. The van der Waals surface area contributed by atoms with E-state index < -0.39 is 30.8 Å². The van der Waals surface area contributed by atoms with Gasteiger partial charge in [0.15, 0.2) is 6.61 Å². The van der Waals surface area contributed by atoms with Crippen molar-refractivity contribution in [3.63, 3.8) is 0 Å². The average molecular weight is 505 g/mol. The zero-order valence-corrected chi connectivity index (χ0v) is 18.9. The second-order valence-electron chi connectivity index (χ2n) is 8.37. The largest absolute Gasteiger partial charge is 0.484 e. The van der Waals surface area contributed by atoms with E-state index in [1.54, 1.807) is 24.3 Å². The number of amides is 4. The van der Waals surface area contributed by atoms with Crippen molar-refractivity contribution in [3.8, 4) is 5.75 Å². The van der Waals surface area contributed by atoms with E-state index in [0.717, 1.165) is 5.56 Å². The molecule has 0 bridgehead atoms. The minimum absolute atomic E-state index is 0.00277. The Morgan fingerprint density at radius 3 is 2.67 bits per heavy atom. The van der Waals surface area contributed by atoms with E-state index in [2.05, 4.69) is 15.4 Å². The van der Waals surface area contributed by atoms with Crippen molar-refractivity contribution in [2.24, 2.45) is 0 Å². The maximum atomic E-state index is 12.9. The van der Waals surface area contributed by atoms with Crippen LogP contribution in [0.4, 0.5) is 18.0 Å². The average Bonchev–Trinajstić information content (AvgIpc) is 3.15. The quantitative estimate of drug-likeness (QED) is 0.560. The van der Waals surface area contributed by atoms with E-state index in [4.69, 9.17) is 4.74 Å². The second-order valence-corrected chi connectivity index (χ2v) is 8.37. The van der Waals surface area contributed by atoms with Gasteiger partial charge in [-0.3, -0.25) is 19.7 Å². The Bertz CT molecular complexity index is 1200. The molecular weight excluding hydrogens is 483 g/mol. The summed E-state index contributed by atoms with van der Waals surface area (Å²) in [5, 5.41) is 4.81. The number of halogens is 3. The highest BCUT2D eigenvalue weighted by Crippen LogP contribution is 2.28. The molecule has 1 unspecified atom stereocenters. The highest BCUT2D eigenvalue weighted by atomic mass is 19.4. The van der Waals surface area contributed by atoms with Gasteiger partial charge in [-0.1, -0.05) is 24.3 Å². The molecule has 1 saturated heterocycles. The molecule has 2 heterocycles. The van der Waals surface area contributed by atoms with Crippen molar-refractivity contribution in [2.75, 3.05) is 6.61 Å². The Kier molecular flexibility index (Phi) is 7.13. The fraction of sp³-hybridized carbons (Fsp3) is 0.333. The molecule has 4 rings (SSSR count). The smallest absolute Gasteiger partial charge is 0.422 e. The molecule has 1 fully saturated rings. The highest BCUT2D eigenvalue weighted by Gasteiger charge is 2.39. The molecule has 9 nitrogen and oxygen atoms in total. The predicted octanol–water partition coefficient (Wildman–Crippen LogP) is 2.82. The topological polar surface area (TPSA) is 114 Å². The van der Waals surface area contributed by atoms with Crippen LogP contribution in [-0.4, -0.2) is 47.5 Å². The first kappa shape index (κ1) is 25.0. The molecule has 0 aliphatic carbocycles. The van der Waals surface area contributed by atoms with E-state index in [1.807, 2.05) is 0 Å². The van der Waals surface area contributed by atoms with Crippen LogP contribution >= 0.6 is 0 Å². The number of hydrogen-bond acceptors (Lipinski definition) is 6. The zero-order valence-electron chi connectivity index (χ0n) is 18.9. The van der Waals surface area contributed by atoms with Crippen LogP contribution in [0.5, 0.6) is 5.75 Å². The first-order chi connectivity index (χ1) is 17.1. The molecule has 2 aromatic rings. The van der Waals surface area contributed by atoms with Crippen molar-refractivity contribution < 1.29 is 41.8 Å². The maximum absolute atomic E-state index is 12.9. The van der Waals surface area contributed by atoms with Gasteiger partial charge in [-0.05, 0) is 41.3 Å². The summed E-state index contributed by atoms with van der Waals surface area (Å²) in [5.41, 5.74) is 2.24. The number of alkyl halides is 3. The molecule has 0 spiro atoms. The van der Waals surface area contributed by atoms with Crippen LogP contribution in [0.3, 0.4) is 0 Å². The van der Waals surface area contributed by atoms with E-state index >= 15 is 0 Å². The van der Waals surface area contributed by atoms with Crippen molar-refractivity contribution >= 4 is 23.8 Å². The summed E-state index contributed by atoms with van der Waals surface area (Å²) >= 11 is 0. The van der Waals surface area contributed by atoms with Crippen LogP contribution in [0.25, 0.3) is 0 Å².